The average molecular weight is 414 g/mol. The van der Waals surface area contributed by atoms with Gasteiger partial charge in [0.1, 0.15) is 17.9 Å². The third kappa shape index (κ3) is 4.28. The first kappa shape index (κ1) is 20.7. The Labute approximate surface area is 173 Å². The highest BCUT2D eigenvalue weighted by molar-refractivity contribution is 5.87. The molecule has 2 aliphatic rings. The van der Waals surface area contributed by atoms with E-state index in [1.54, 1.807) is 11.0 Å². The molecule has 0 spiro atoms. The van der Waals surface area contributed by atoms with Gasteiger partial charge in [-0.25, -0.2) is 8.78 Å². The van der Waals surface area contributed by atoms with E-state index in [0.717, 1.165) is 36.6 Å². The lowest BCUT2D eigenvalue weighted by molar-refractivity contribution is -0.135. The predicted molar refractivity (Wildman–Crippen MR) is 108 cm³/mol. The van der Waals surface area contributed by atoms with Gasteiger partial charge in [-0.3, -0.25) is 10.1 Å². The minimum Gasteiger partial charge on any atom is -0.392 e. The maximum absolute atomic E-state index is 14.4. The van der Waals surface area contributed by atoms with Crippen molar-refractivity contribution in [3.05, 3.63) is 77.4 Å². The van der Waals surface area contributed by atoms with E-state index in [-0.39, 0.29) is 23.9 Å². The predicted octanol–water partition coefficient (Wildman–Crippen LogP) is 2.61. The molecule has 4 rings (SSSR count). The zero-order chi connectivity index (χ0) is 21.3. The highest BCUT2D eigenvalue weighted by atomic mass is 19.1. The van der Waals surface area contributed by atoms with Crippen LogP contribution in [0.3, 0.4) is 0 Å². The summed E-state index contributed by atoms with van der Waals surface area (Å²) < 4.78 is 28.2. The molecule has 5 nitrogen and oxygen atoms in total. The Bertz CT molecular complexity index is 947. The van der Waals surface area contributed by atoms with Gasteiger partial charge in [0.2, 0.25) is 5.91 Å². The standard InChI is InChI=1S/C23H24F2N2O3/c24-17-8-9-19(25)18(11-17)16-10-20(14-4-2-1-3-5-14)27(12-16)23(30)22(15-6-7-15)26-21(29)13-28/h1-5,8-11,15,20-22,26,28-29H,6-7,12-13H2/t20-,21?,22-/m0/s1. The van der Waals surface area contributed by atoms with Crippen LogP contribution in [0.25, 0.3) is 5.57 Å². The molecule has 2 aromatic carbocycles. The quantitative estimate of drug-likeness (QED) is 0.609. The Balaban J connectivity index is 1.67. The lowest BCUT2D eigenvalue weighted by Crippen LogP contribution is -2.52. The summed E-state index contributed by atoms with van der Waals surface area (Å²) in [5.41, 5.74) is 1.53. The first-order valence-electron chi connectivity index (χ1n) is 10.0. The molecule has 0 bridgehead atoms. The van der Waals surface area contributed by atoms with E-state index < -0.39 is 36.6 Å². The van der Waals surface area contributed by atoms with Crippen LogP contribution in [0.4, 0.5) is 8.78 Å². The zero-order valence-corrected chi connectivity index (χ0v) is 16.3. The Kier molecular flexibility index (Phi) is 5.94. The molecule has 0 radical (unpaired) electrons. The molecule has 3 atom stereocenters. The molecule has 1 amide bonds. The van der Waals surface area contributed by atoms with Crippen molar-refractivity contribution < 1.29 is 23.8 Å². The maximum Gasteiger partial charge on any atom is 0.241 e. The van der Waals surface area contributed by atoms with Gasteiger partial charge in [0, 0.05) is 12.1 Å². The smallest absolute Gasteiger partial charge is 0.241 e. The molecule has 1 saturated carbocycles. The molecule has 1 aliphatic carbocycles. The van der Waals surface area contributed by atoms with Crippen LogP contribution in [0.5, 0.6) is 0 Å². The molecular weight excluding hydrogens is 390 g/mol. The van der Waals surface area contributed by atoms with Gasteiger partial charge in [-0.1, -0.05) is 36.4 Å². The minimum atomic E-state index is -1.20. The Hall–Kier alpha value is -2.61. The summed E-state index contributed by atoms with van der Waals surface area (Å²) in [7, 11) is 0. The third-order valence-electron chi connectivity index (χ3n) is 5.64. The van der Waals surface area contributed by atoms with E-state index in [2.05, 4.69) is 5.32 Å². The largest absolute Gasteiger partial charge is 0.392 e. The Morgan fingerprint density at radius 3 is 2.57 bits per heavy atom. The molecule has 0 saturated heterocycles. The van der Waals surface area contributed by atoms with Gasteiger partial charge in [-0.15, -0.1) is 0 Å². The molecule has 158 valence electrons. The number of rotatable bonds is 7. The number of benzene rings is 2. The van der Waals surface area contributed by atoms with Gasteiger partial charge >= 0.3 is 0 Å². The van der Waals surface area contributed by atoms with Crippen LogP contribution in [0.2, 0.25) is 0 Å². The molecular formula is C23H24F2N2O3. The molecule has 2 aromatic rings. The van der Waals surface area contributed by atoms with Gasteiger partial charge < -0.3 is 15.1 Å². The van der Waals surface area contributed by atoms with Crippen molar-refractivity contribution in [3.63, 3.8) is 0 Å². The second-order valence-corrected chi connectivity index (χ2v) is 7.82. The number of halogens is 2. The van der Waals surface area contributed by atoms with Gasteiger partial charge in [0.05, 0.1) is 18.7 Å². The first-order valence-corrected chi connectivity index (χ1v) is 10.0. The summed E-state index contributed by atoms with van der Waals surface area (Å²) >= 11 is 0. The van der Waals surface area contributed by atoms with Crippen LogP contribution < -0.4 is 5.32 Å². The zero-order valence-electron chi connectivity index (χ0n) is 16.3. The topological polar surface area (TPSA) is 72.8 Å². The number of nitrogens with zero attached hydrogens (tertiary/aromatic N) is 1. The number of hydrogen-bond donors (Lipinski definition) is 3. The number of carbonyl (C=O) groups is 1. The lowest BCUT2D eigenvalue weighted by Gasteiger charge is -2.31. The molecule has 0 aromatic heterocycles. The fourth-order valence-corrected chi connectivity index (χ4v) is 3.95. The Morgan fingerprint density at radius 2 is 1.90 bits per heavy atom. The third-order valence-corrected chi connectivity index (χ3v) is 5.64. The van der Waals surface area contributed by atoms with Crippen LogP contribution in [0, 0.1) is 17.6 Å². The van der Waals surface area contributed by atoms with Crippen molar-refractivity contribution >= 4 is 11.5 Å². The summed E-state index contributed by atoms with van der Waals surface area (Å²) in [6, 6.07) is 11.6. The number of amides is 1. The summed E-state index contributed by atoms with van der Waals surface area (Å²) in [6.07, 6.45) is 2.29. The minimum absolute atomic E-state index is 0.0741. The molecule has 1 heterocycles. The van der Waals surface area contributed by atoms with Gasteiger partial charge in [0.15, 0.2) is 0 Å². The van der Waals surface area contributed by atoms with Gasteiger partial charge in [0.25, 0.3) is 0 Å². The van der Waals surface area contributed by atoms with Gasteiger partial charge in [-0.2, -0.15) is 0 Å². The fourth-order valence-electron chi connectivity index (χ4n) is 3.95. The lowest BCUT2D eigenvalue weighted by atomic mass is 10.0. The Morgan fingerprint density at radius 1 is 1.17 bits per heavy atom. The van der Waals surface area contributed by atoms with E-state index in [9.17, 15) is 23.8 Å². The summed E-state index contributed by atoms with van der Waals surface area (Å²) in [5, 5.41) is 21.8. The van der Waals surface area contributed by atoms with Crippen LogP contribution in [-0.4, -0.2) is 46.4 Å². The number of nitrogens with one attached hydrogen (secondary N) is 1. The molecule has 3 N–H and O–H groups in total. The van der Waals surface area contributed by atoms with Crippen LogP contribution in [-0.2, 0) is 4.79 Å². The summed E-state index contributed by atoms with van der Waals surface area (Å²) in [5.74, 6) is -1.25. The van der Waals surface area contributed by atoms with E-state index in [0.29, 0.717) is 5.57 Å². The second kappa shape index (κ2) is 8.63. The van der Waals surface area contributed by atoms with Crippen LogP contribution >= 0.6 is 0 Å². The average Bonchev–Trinajstić information content (AvgIpc) is 3.51. The van der Waals surface area contributed by atoms with Crippen molar-refractivity contribution in [3.8, 4) is 0 Å². The van der Waals surface area contributed by atoms with Crippen molar-refractivity contribution in [2.75, 3.05) is 13.2 Å². The molecule has 7 heteroatoms. The highest BCUT2D eigenvalue weighted by Gasteiger charge is 2.42. The number of aliphatic hydroxyl groups is 2. The first-order chi connectivity index (χ1) is 14.5. The maximum atomic E-state index is 14.4. The van der Waals surface area contributed by atoms with Crippen LogP contribution in [0.15, 0.2) is 54.6 Å². The van der Waals surface area contributed by atoms with Crippen molar-refractivity contribution in [1.29, 1.82) is 0 Å². The molecule has 1 unspecified atom stereocenters. The van der Waals surface area contributed by atoms with Gasteiger partial charge in [-0.05, 0) is 48.1 Å². The monoisotopic (exact) mass is 414 g/mol. The fraction of sp³-hybridized carbons (Fsp3) is 0.348. The summed E-state index contributed by atoms with van der Waals surface area (Å²) in [4.78, 5) is 15.1. The van der Waals surface area contributed by atoms with Crippen molar-refractivity contribution in [1.82, 2.24) is 10.2 Å². The normalized spacial score (nSPS) is 20.7. The number of carbonyl (C=O) groups excluding carboxylic acids is 1. The van der Waals surface area contributed by atoms with E-state index in [4.69, 9.17) is 0 Å². The SMILES string of the molecule is O=C([C@@H](NC(O)CO)C1CC1)N1CC(c2cc(F)ccc2F)=C[C@H]1c1ccccc1. The van der Waals surface area contributed by atoms with Crippen molar-refractivity contribution in [2.24, 2.45) is 5.92 Å². The van der Waals surface area contributed by atoms with E-state index in [1.165, 1.54) is 0 Å². The number of aliphatic hydroxyl groups excluding tert-OH is 2. The second-order valence-electron chi connectivity index (χ2n) is 7.82. The van der Waals surface area contributed by atoms with Crippen molar-refractivity contribution in [2.45, 2.75) is 31.2 Å². The van der Waals surface area contributed by atoms with E-state index in [1.807, 2.05) is 30.3 Å². The molecule has 30 heavy (non-hydrogen) atoms. The molecule has 1 aliphatic heterocycles. The molecule has 1 fully saturated rings. The highest BCUT2D eigenvalue weighted by Crippen LogP contribution is 2.39. The van der Waals surface area contributed by atoms with E-state index >= 15 is 0 Å². The van der Waals surface area contributed by atoms with Crippen LogP contribution in [0.1, 0.15) is 30.0 Å². The summed E-state index contributed by atoms with van der Waals surface area (Å²) in [6.45, 7) is -0.379. The number of hydrogen-bond acceptors (Lipinski definition) is 4.